The number of hydrogen-bond donors (Lipinski definition) is 1. The molecule has 0 aromatic heterocycles. The summed E-state index contributed by atoms with van der Waals surface area (Å²) in [5.41, 5.74) is 3.87. The summed E-state index contributed by atoms with van der Waals surface area (Å²) in [6.07, 6.45) is 0.807. The second-order valence-electron chi connectivity index (χ2n) is 3.71. The third-order valence-corrected chi connectivity index (χ3v) is 2.49. The molecule has 1 aromatic rings. The summed E-state index contributed by atoms with van der Waals surface area (Å²) >= 11 is 0. The number of ether oxygens (including phenoxy) is 2. The van der Waals surface area contributed by atoms with Gasteiger partial charge in [-0.05, 0) is 31.5 Å². The van der Waals surface area contributed by atoms with Crippen LogP contribution in [-0.4, -0.2) is 18.4 Å². The van der Waals surface area contributed by atoms with Gasteiger partial charge >= 0.3 is 0 Å². The van der Waals surface area contributed by atoms with Crippen LogP contribution < -0.4 is 14.9 Å². The number of rotatable bonds is 3. The van der Waals surface area contributed by atoms with E-state index in [9.17, 15) is 4.79 Å². The molecule has 0 fully saturated rings. The maximum Gasteiger partial charge on any atom is 0.271 e. The molecule has 0 saturated carbocycles. The summed E-state index contributed by atoms with van der Waals surface area (Å²) in [5.74, 6) is 1.000. The molecule has 5 nitrogen and oxygen atoms in total. The molecule has 1 N–H and O–H groups in total. The fourth-order valence-corrected chi connectivity index (χ4v) is 1.33. The van der Waals surface area contributed by atoms with Gasteiger partial charge in [0.15, 0.2) is 11.5 Å². The maximum absolute atomic E-state index is 11.8. The van der Waals surface area contributed by atoms with Crippen molar-refractivity contribution in [3.05, 3.63) is 23.8 Å². The Balaban J connectivity index is 2.10. The van der Waals surface area contributed by atoms with Crippen molar-refractivity contribution in [1.82, 2.24) is 5.43 Å². The van der Waals surface area contributed by atoms with E-state index in [1.807, 2.05) is 13.8 Å². The van der Waals surface area contributed by atoms with E-state index in [-0.39, 0.29) is 12.7 Å². The first-order chi connectivity index (χ1) is 8.20. The smallest absolute Gasteiger partial charge is 0.271 e. The first-order valence-corrected chi connectivity index (χ1v) is 5.44. The van der Waals surface area contributed by atoms with Crippen LogP contribution in [0.3, 0.4) is 0 Å². The molecule has 0 unspecified atom stereocenters. The predicted molar refractivity (Wildman–Crippen MR) is 63.4 cm³/mol. The van der Waals surface area contributed by atoms with Crippen molar-refractivity contribution in [3.63, 3.8) is 0 Å². The van der Waals surface area contributed by atoms with E-state index in [0.717, 1.165) is 12.1 Å². The minimum absolute atomic E-state index is 0.202. The lowest BCUT2D eigenvalue weighted by Crippen LogP contribution is -2.18. The minimum Gasteiger partial charge on any atom is -0.454 e. The van der Waals surface area contributed by atoms with Gasteiger partial charge in [0, 0.05) is 11.3 Å². The highest BCUT2D eigenvalue weighted by Gasteiger charge is 2.15. The Morgan fingerprint density at radius 3 is 2.94 bits per heavy atom. The second-order valence-corrected chi connectivity index (χ2v) is 3.71. The number of benzene rings is 1. The number of carbonyl (C=O) groups is 1. The maximum atomic E-state index is 11.8. The van der Waals surface area contributed by atoms with Gasteiger partial charge in [-0.25, -0.2) is 5.43 Å². The van der Waals surface area contributed by atoms with Crippen molar-refractivity contribution in [3.8, 4) is 11.5 Å². The van der Waals surface area contributed by atoms with Crippen LogP contribution in [0.15, 0.2) is 23.3 Å². The van der Waals surface area contributed by atoms with Crippen molar-refractivity contribution in [1.29, 1.82) is 0 Å². The van der Waals surface area contributed by atoms with Crippen LogP contribution in [0.1, 0.15) is 30.6 Å². The Kier molecular flexibility index (Phi) is 3.27. The largest absolute Gasteiger partial charge is 0.454 e. The molecule has 0 radical (unpaired) electrons. The van der Waals surface area contributed by atoms with Crippen LogP contribution in [0.5, 0.6) is 11.5 Å². The van der Waals surface area contributed by atoms with Gasteiger partial charge in [-0.15, -0.1) is 0 Å². The molecule has 0 saturated heterocycles. The molecular weight excluding hydrogens is 220 g/mol. The predicted octanol–water partition coefficient (Wildman–Crippen LogP) is 1.93. The van der Waals surface area contributed by atoms with Crippen LogP contribution in [0.4, 0.5) is 0 Å². The Hall–Kier alpha value is -2.04. The summed E-state index contributed by atoms with van der Waals surface area (Å²) in [4.78, 5) is 11.8. The van der Waals surface area contributed by atoms with Gasteiger partial charge in [-0.2, -0.15) is 5.10 Å². The molecule has 1 aromatic carbocycles. The molecule has 0 bridgehead atoms. The topological polar surface area (TPSA) is 59.9 Å². The molecule has 1 aliphatic rings. The first-order valence-electron chi connectivity index (χ1n) is 5.44. The number of hydrogen-bond acceptors (Lipinski definition) is 4. The average Bonchev–Trinajstić information content (AvgIpc) is 2.82. The normalized spacial score (nSPS) is 13.6. The summed E-state index contributed by atoms with van der Waals surface area (Å²) in [5, 5.41) is 3.96. The number of carbonyl (C=O) groups excluding carboxylic acids is 1. The molecule has 1 aliphatic heterocycles. The van der Waals surface area contributed by atoms with Gasteiger partial charge in [-0.3, -0.25) is 4.79 Å². The van der Waals surface area contributed by atoms with Gasteiger partial charge in [0.25, 0.3) is 5.91 Å². The van der Waals surface area contributed by atoms with Crippen molar-refractivity contribution in [2.24, 2.45) is 5.10 Å². The highest BCUT2D eigenvalue weighted by atomic mass is 16.7. The number of fused-ring (bicyclic) bond motifs is 1. The molecule has 17 heavy (non-hydrogen) atoms. The van der Waals surface area contributed by atoms with E-state index in [1.54, 1.807) is 18.2 Å². The Bertz CT molecular complexity index is 469. The van der Waals surface area contributed by atoms with E-state index < -0.39 is 0 Å². The standard InChI is InChI=1S/C12H14N2O3/c1-3-8(2)13-14-12(15)9-4-5-10-11(6-9)17-7-16-10/h4-6H,3,7H2,1-2H3,(H,14,15). The first kappa shape index (κ1) is 11.4. The van der Waals surface area contributed by atoms with Crippen molar-refractivity contribution in [2.75, 3.05) is 6.79 Å². The monoisotopic (exact) mass is 234 g/mol. The second kappa shape index (κ2) is 4.86. The van der Waals surface area contributed by atoms with Crippen molar-refractivity contribution < 1.29 is 14.3 Å². The molecule has 2 rings (SSSR count). The molecule has 1 amide bonds. The lowest BCUT2D eigenvalue weighted by molar-refractivity contribution is 0.0954. The summed E-state index contributed by atoms with van der Waals surface area (Å²) in [6, 6.07) is 5.04. The SMILES string of the molecule is CCC(C)=NNC(=O)c1ccc2c(c1)OCO2. The van der Waals surface area contributed by atoms with Gasteiger partial charge in [0.05, 0.1) is 0 Å². The summed E-state index contributed by atoms with van der Waals surface area (Å²) < 4.78 is 10.4. The zero-order valence-corrected chi connectivity index (χ0v) is 9.82. The molecular formula is C12H14N2O3. The van der Waals surface area contributed by atoms with Crippen LogP contribution in [0.25, 0.3) is 0 Å². The lowest BCUT2D eigenvalue weighted by Gasteiger charge is -2.02. The average molecular weight is 234 g/mol. The highest BCUT2D eigenvalue weighted by molar-refractivity contribution is 5.95. The number of hydrazone groups is 1. The summed E-state index contributed by atoms with van der Waals surface area (Å²) in [6.45, 7) is 4.04. The van der Waals surface area contributed by atoms with Crippen molar-refractivity contribution in [2.45, 2.75) is 20.3 Å². The third-order valence-electron chi connectivity index (χ3n) is 2.49. The Morgan fingerprint density at radius 1 is 1.41 bits per heavy atom. The van der Waals surface area contributed by atoms with Crippen LogP contribution in [0.2, 0.25) is 0 Å². The molecule has 0 atom stereocenters. The van der Waals surface area contributed by atoms with Crippen LogP contribution >= 0.6 is 0 Å². The Morgan fingerprint density at radius 2 is 2.18 bits per heavy atom. The van der Waals surface area contributed by atoms with Crippen LogP contribution in [0, 0.1) is 0 Å². The summed E-state index contributed by atoms with van der Waals surface area (Å²) in [7, 11) is 0. The van der Waals surface area contributed by atoms with Gasteiger partial charge in [0.1, 0.15) is 0 Å². The fourth-order valence-electron chi connectivity index (χ4n) is 1.33. The highest BCUT2D eigenvalue weighted by Crippen LogP contribution is 2.32. The fraction of sp³-hybridized carbons (Fsp3) is 0.333. The molecule has 0 aliphatic carbocycles. The zero-order chi connectivity index (χ0) is 12.3. The quantitative estimate of drug-likeness (QED) is 0.642. The van der Waals surface area contributed by atoms with Gasteiger partial charge < -0.3 is 9.47 Å². The number of nitrogens with one attached hydrogen (secondary N) is 1. The molecule has 90 valence electrons. The number of amides is 1. The van der Waals surface area contributed by atoms with E-state index in [2.05, 4.69) is 10.5 Å². The minimum atomic E-state index is -0.254. The lowest BCUT2D eigenvalue weighted by atomic mass is 10.2. The van der Waals surface area contributed by atoms with Crippen molar-refractivity contribution >= 4 is 11.6 Å². The van der Waals surface area contributed by atoms with Gasteiger partial charge in [0.2, 0.25) is 6.79 Å². The number of nitrogens with zero attached hydrogens (tertiary/aromatic N) is 1. The molecule has 1 heterocycles. The molecule has 0 spiro atoms. The van der Waals surface area contributed by atoms with E-state index in [1.165, 1.54) is 0 Å². The third kappa shape index (κ3) is 2.55. The molecule has 5 heteroatoms. The van der Waals surface area contributed by atoms with E-state index >= 15 is 0 Å². The zero-order valence-electron chi connectivity index (χ0n) is 9.82. The van der Waals surface area contributed by atoms with Crippen LogP contribution in [-0.2, 0) is 0 Å². The van der Waals surface area contributed by atoms with E-state index in [0.29, 0.717) is 17.1 Å². The van der Waals surface area contributed by atoms with Gasteiger partial charge in [-0.1, -0.05) is 6.92 Å². The van der Waals surface area contributed by atoms with E-state index in [4.69, 9.17) is 9.47 Å². The Labute approximate surface area is 99.4 Å².